The van der Waals surface area contributed by atoms with Gasteiger partial charge in [0.25, 0.3) is 0 Å². The van der Waals surface area contributed by atoms with Crippen molar-refractivity contribution in [3.05, 3.63) is 0 Å². The predicted molar refractivity (Wildman–Crippen MR) is 45.4 cm³/mol. The Kier molecular flexibility index (Phi) is 4.67. The lowest BCUT2D eigenvalue weighted by Crippen LogP contribution is -2.46. The van der Waals surface area contributed by atoms with Crippen LogP contribution in [0, 0.1) is 11.8 Å². The predicted octanol–water partition coefficient (Wildman–Crippen LogP) is 1.28. The van der Waals surface area contributed by atoms with Gasteiger partial charge >= 0.3 is 12.1 Å². The summed E-state index contributed by atoms with van der Waals surface area (Å²) in [6.07, 6.45) is -4.55. The smallest absolute Gasteiger partial charge is 0.392 e. The molecule has 2 atom stereocenters. The van der Waals surface area contributed by atoms with Crippen LogP contribution in [0.25, 0.3) is 0 Å². The molecule has 1 heterocycles. The van der Waals surface area contributed by atoms with Crippen molar-refractivity contribution in [1.29, 1.82) is 0 Å². The van der Waals surface area contributed by atoms with Gasteiger partial charge in [0, 0.05) is 6.54 Å². The summed E-state index contributed by atoms with van der Waals surface area (Å²) in [5.74, 6) is -4.42. The molecule has 1 aliphatic rings. The molecule has 1 saturated heterocycles. The van der Waals surface area contributed by atoms with Crippen molar-refractivity contribution in [2.75, 3.05) is 13.1 Å². The first-order valence-electron chi connectivity index (χ1n) is 3.93. The number of alkyl halides is 3. The summed E-state index contributed by atoms with van der Waals surface area (Å²) in [5.41, 5.74) is 0. The van der Waals surface area contributed by atoms with Gasteiger partial charge in [0.15, 0.2) is 0 Å². The zero-order valence-corrected chi connectivity index (χ0v) is 7.99. The Balaban J connectivity index is 0.00000169. The van der Waals surface area contributed by atoms with Gasteiger partial charge in [0.2, 0.25) is 0 Å². The first-order chi connectivity index (χ1) is 5.93. The second-order valence-corrected chi connectivity index (χ2v) is 3.09. The van der Waals surface area contributed by atoms with E-state index in [1.54, 1.807) is 0 Å². The first kappa shape index (κ1) is 13.5. The second kappa shape index (κ2) is 4.84. The molecule has 7 heteroatoms. The minimum atomic E-state index is -4.40. The molecule has 0 aromatic heterocycles. The minimum absolute atomic E-state index is 0. The van der Waals surface area contributed by atoms with Crippen LogP contribution < -0.4 is 5.32 Å². The van der Waals surface area contributed by atoms with Crippen LogP contribution in [0.5, 0.6) is 0 Å². The van der Waals surface area contributed by atoms with Gasteiger partial charge in [-0.3, -0.25) is 4.79 Å². The molecule has 0 aliphatic carbocycles. The Morgan fingerprint density at radius 3 is 2.36 bits per heavy atom. The monoisotopic (exact) mass is 233 g/mol. The van der Waals surface area contributed by atoms with Gasteiger partial charge < -0.3 is 10.4 Å². The lowest BCUT2D eigenvalue weighted by atomic mass is 9.86. The Bertz CT molecular complexity index is 210. The number of piperidine rings is 1. The topological polar surface area (TPSA) is 49.3 Å². The number of hydrogen-bond acceptors (Lipinski definition) is 2. The van der Waals surface area contributed by atoms with E-state index in [1.165, 1.54) is 0 Å². The first-order valence-corrected chi connectivity index (χ1v) is 3.93. The number of carboxylic acid groups (broad SMARTS) is 1. The van der Waals surface area contributed by atoms with Crippen molar-refractivity contribution in [3.8, 4) is 0 Å². The lowest BCUT2D eigenvalue weighted by molar-refractivity contribution is -0.201. The highest BCUT2D eigenvalue weighted by atomic mass is 35.5. The standard InChI is InChI=1S/C7H10F3NO2.ClH/c8-7(9,10)5-1-2-11-3-4(5)6(12)13;/h4-5,11H,1-3H2,(H,12,13);1H. The number of aliphatic carboxylic acids is 1. The van der Waals surface area contributed by atoms with Gasteiger partial charge in [-0.2, -0.15) is 13.2 Å². The minimum Gasteiger partial charge on any atom is -0.481 e. The molecular formula is C7H11ClF3NO2. The van der Waals surface area contributed by atoms with Crippen LogP contribution in [0.4, 0.5) is 13.2 Å². The molecule has 14 heavy (non-hydrogen) atoms. The molecule has 3 nitrogen and oxygen atoms in total. The summed E-state index contributed by atoms with van der Waals surface area (Å²) in [5, 5.41) is 11.2. The molecule has 1 fully saturated rings. The fraction of sp³-hybridized carbons (Fsp3) is 0.857. The maximum absolute atomic E-state index is 12.3. The molecule has 1 aliphatic heterocycles. The zero-order chi connectivity index (χ0) is 10.1. The number of hydrogen-bond donors (Lipinski definition) is 2. The van der Waals surface area contributed by atoms with E-state index in [4.69, 9.17) is 5.11 Å². The fourth-order valence-electron chi connectivity index (χ4n) is 1.51. The number of carboxylic acids is 1. The summed E-state index contributed by atoms with van der Waals surface area (Å²) >= 11 is 0. The van der Waals surface area contributed by atoms with Gasteiger partial charge in [0.05, 0.1) is 11.8 Å². The molecule has 0 amide bonds. The van der Waals surface area contributed by atoms with Crippen molar-refractivity contribution in [2.45, 2.75) is 12.6 Å². The largest absolute Gasteiger partial charge is 0.481 e. The number of nitrogens with one attached hydrogen (secondary N) is 1. The highest BCUT2D eigenvalue weighted by Crippen LogP contribution is 2.35. The normalized spacial score (nSPS) is 27.9. The Hall–Kier alpha value is -0.490. The second-order valence-electron chi connectivity index (χ2n) is 3.09. The van der Waals surface area contributed by atoms with E-state index in [0.29, 0.717) is 0 Å². The molecule has 2 N–H and O–H groups in total. The summed E-state index contributed by atoms with van der Waals surface area (Å²) in [6, 6.07) is 0. The number of rotatable bonds is 1. The quantitative estimate of drug-likeness (QED) is 0.717. The van der Waals surface area contributed by atoms with Gasteiger partial charge in [0.1, 0.15) is 0 Å². The van der Waals surface area contributed by atoms with E-state index in [-0.39, 0.29) is 31.9 Å². The molecule has 0 aromatic rings. The average molecular weight is 234 g/mol. The van der Waals surface area contributed by atoms with Crippen LogP contribution in [0.2, 0.25) is 0 Å². The molecule has 0 radical (unpaired) electrons. The van der Waals surface area contributed by atoms with Crippen LogP contribution in [0.15, 0.2) is 0 Å². The Labute approximate surface area is 85.1 Å². The van der Waals surface area contributed by atoms with Crippen molar-refractivity contribution in [2.24, 2.45) is 11.8 Å². The molecule has 84 valence electrons. The van der Waals surface area contributed by atoms with Gasteiger partial charge in [-0.1, -0.05) is 0 Å². The van der Waals surface area contributed by atoms with E-state index in [2.05, 4.69) is 5.32 Å². The van der Waals surface area contributed by atoms with E-state index in [1.807, 2.05) is 0 Å². The highest BCUT2D eigenvalue weighted by molar-refractivity contribution is 5.85. The van der Waals surface area contributed by atoms with Gasteiger partial charge in [-0.05, 0) is 13.0 Å². The van der Waals surface area contributed by atoms with Crippen molar-refractivity contribution in [3.63, 3.8) is 0 Å². The third-order valence-electron chi connectivity index (χ3n) is 2.22. The summed E-state index contributed by atoms with van der Waals surface area (Å²) in [6.45, 7) is 0.132. The summed E-state index contributed by atoms with van der Waals surface area (Å²) in [4.78, 5) is 10.5. The molecule has 0 bridgehead atoms. The van der Waals surface area contributed by atoms with Crippen LogP contribution in [0.3, 0.4) is 0 Å². The van der Waals surface area contributed by atoms with Crippen LogP contribution >= 0.6 is 12.4 Å². The Morgan fingerprint density at radius 2 is 2.00 bits per heavy atom. The molecular weight excluding hydrogens is 223 g/mol. The molecule has 0 spiro atoms. The van der Waals surface area contributed by atoms with E-state index in [9.17, 15) is 18.0 Å². The fourth-order valence-corrected chi connectivity index (χ4v) is 1.51. The zero-order valence-electron chi connectivity index (χ0n) is 7.17. The lowest BCUT2D eigenvalue weighted by Gasteiger charge is -2.30. The SMILES string of the molecule is Cl.O=C(O)C1CNCCC1C(F)(F)F. The van der Waals surface area contributed by atoms with Crippen LogP contribution in [-0.4, -0.2) is 30.3 Å². The van der Waals surface area contributed by atoms with E-state index in [0.717, 1.165) is 0 Å². The van der Waals surface area contributed by atoms with Gasteiger partial charge in [-0.15, -0.1) is 12.4 Å². The van der Waals surface area contributed by atoms with Crippen LogP contribution in [0.1, 0.15) is 6.42 Å². The maximum atomic E-state index is 12.3. The Morgan fingerprint density at radius 1 is 1.43 bits per heavy atom. The third kappa shape index (κ3) is 3.02. The average Bonchev–Trinajstić information content (AvgIpc) is 2.03. The van der Waals surface area contributed by atoms with Crippen molar-refractivity contribution >= 4 is 18.4 Å². The summed E-state index contributed by atoms with van der Waals surface area (Å²) < 4.78 is 36.8. The van der Waals surface area contributed by atoms with E-state index < -0.39 is 24.0 Å². The molecule has 0 aromatic carbocycles. The number of carbonyl (C=O) groups is 1. The molecule has 1 rings (SSSR count). The maximum Gasteiger partial charge on any atom is 0.392 e. The van der Waals surface area contributed by atoms with Crippen molar-refractivity contribution < 1.29 is 23.1 Å². The van der Waals surface area contributed by atoms with Crippen LogP contribution in [-0.2, 0) is 4.79 Å². The molecule has 0 saturated carbocycles. The van der Waals surface area contributed by atoms with Gasteiger partial charge in [-0.25, -0.2) is 0 Å². The van der Waals surface area contributed by atoms with Crippen molar-refractivity contribution in [1.82, 2.24) is 5.32 Å². The van der Waals surface area contributed by atoms with E-state index >= 15 is 0 Å². The third-order valence-corrected chi connectivity index (χ3v) is 2.22. The number of halogens is 4. The molecule has 2 unspecified atom stereocenters. The summed E-state index contributed by atoms with van der Waals surface area (Å²) in [7, 11) is 0. The highest BCUT2D eigenvalue weighted by Gasteiger charge is 2.48.